The summed E-state index contributed by atoms with van der Waals surface area (Å²) in [6, 6.07) is 12.3. The van der Waals surface area contributed by atoms with Crippen LogP contribution in [0.2, 0.25) is 0 Å². The molecule has 0 N–H and O–H groups in total. The number of anilines is 1. The highest BCUT2D eigenvalue weighted by atomic mass is 16.5. The van der Waals surface area contributed by atoms with Crippen LogP contribution in [-0.4, -0.2) is 60.0 Å². The Morgan fingerprint density at radius 3 is 2.74 bits per heavy atom. The smallest absolute Gasteiger partial charge is 0.244 e. The largest absolute Gasteiger partial charge is 0.497 e. The third-order valence-electron chi connectivity index (χ3n) is 5.97. The fraction of sp³-hybridized carbons (Fsp3) is 0.435. The number of benzene rings is 1. The Bertz CT molecular complexity index is 1000. The predicted octanol–water partition coefficient (Wildman–Crippen LogP) is 3.31. The van der Waals surface area contributed by atoms with E-state index in [0.29, 0.717) is 11.7 Å². The highest BCUT2D eigenvalue weighted by molar-refractivity contribution is 5.59. The maximum Gasteiger partial charge on any atom is 0.244 e. The average Bonchev–Trinajstić information content (AvgIpc) is 3.50. The van der Waals surface area contributed by atoms with E-state index in [9.17, 15) is 0 Å². The van der Waals surface area contributed by atoms with Crippen LogP contribution in [0.25, 0.3) is 11.4 Å². The Labute approximate surface area is 181 Å². The van der Waals surface area contributed by atoms with Crippen LogP contribution in [0.4, 0.5) is 5.82 Å². The van der Waals surface area contributed by atoms with Crippen molar-refractivity contribution in [3.8, 4) is 17.1 Å². The van der Waals surface area contributed by atoms with E-state index in [1.165, 1.54) is 5.56 Å². The lowest BCUT2D eigenvalue weighted by Crippen LogP contribution is -2.36. The topological polar surface area (TPSA) is 76.8 Å². The van der Waals surface area contributed by atoms with E-state index in [0.717, 1.165) is 69.4 Å². The molecule has 0 aliphatic carbocycles. The van der Waals surface area contributed by atoms with Gasteiger partial charge in [0.2, 0.25) is 11.7 Å². The second kappa shape index (κ2) is 9.03. The van der Waals surface area contributed by atoms with Gasteiger partial charge in [0.25, 0.3) is 0 Å². The first-order chi connectivity index (χ1) is 15.3. The number of methoxy groups -OCH3 is 1. The van der Waals surface area contributed by atoms with Crippen molar-refractivity contribution in [1.82, 2.24) is 20.0 Å². The van der Waals surface area contributed by atoms with Crippen LogP contribution in [0.5, 0.6) is 5.75 Å². The van der Waals surface area contributed by atoms with Crippen molar-refractivity contribution in [1.29, 1.82) is 0 Å². The minimum atomic E-state index is 0.143. The van der Waals surface area contributed by atoms with Gasteiger partial charge in [0, 0.05) is 31.4 Å². The Balaban J connectivity index is 1.31. The molecule has 0 saturated carbocycles. The molecule has 4 heterocycles. The lowest BCUT2D eigenvalue weighted by molar-refractivity contribution is 0.122. The number of likely N-dealkylation sites (tertiary alicyclic amines) is 1. The summed E-state index contributed by atoms with van der Waals surface area (Å²) in [5, 5.41) is 4.28. The summed E-state index contributed by atoms with van der Waals surface area (Å²) in [7, 11) is 1.69. The zero-order chi connectivity index (χ0) is 21.0. The number of ether oxygens (including phenoxy) is 2. The Morgan fingerprint density at radius 2 is 1.94 bits per heavy atom. The second-order valence-corrected chi connectivity index (χ2v) is 7.93. The van der Waals surface area contributed by atoms with Crippen LogP contribution in [0.1, 0.15) is 30.3 Å². The summed E-state index contributed by atoms with van der Waals surface area (Å²) < 4.78 is 16.4. The molecule has 8 nitrogen and oxygen atoms in total. The molecule has 5 rings (SSSR count). The Morgan fingerprint density at radius 1 is 1.10 bits per heavy atom. The molecule has 0 unspecified atom stereocenters. The molecule has 2 aliphatic rings. The molecule has 0 bridgehead atoms. The number of rotatable bonds is 6. The van der Waals surface area contributed by atoms with Gasteiger partial charge in [-0.1, -0.05) is 17.3 Å². The fourth-order valence-electron chi connectivity index (χ4n) is 4.27. The molecule has 162 valence electrons. The zero-order valence-electron chi connectivity index (χ0n) is 17.7. The molecule has 2 saturated heterocycles. The maximum absolute atomic E-state index is 5.72. The Hall–Kier alpha value is -2.97. The van der Waals surface area contributed by atoms with E-state index in [4.69, 9.17) is 19.0 Å². The summed E-state index contributed by atoms with van der Waals surface area (Å²) in [6.45, 7) is 5.01. The molecule has 1 aromatic carbocycles. The second-order valence-electron chi connectivity index (χ2n) is 7.93. The third kappa shape index (κ3) is 4.40. The number of aromatic nitrogens is 3. The summed E-state index contributed by atoms with van der Waals surface area (Å²) >= 11 is 0. The number of hydrogen-bond acceptors (Lipinski definition) is 8. The van der Waals surface area contributed by atoms with Crippen molar-refractivity contribution in [3.63, 3.8) is 0 Å². The van der Waals surface area contributed by atoms with E-state index in [1.54, 1.807) is 7.11 Å². The van der Waals surface area contributed by atoms with Crippen LogP contribution in [0, 0.1) is 0 Å². The van der Waals surface area contributed by atoms with Crippen molar-refractivity contribution in [3.05, 3.63) is 54.0 Å². The minimum absolute atomic E-state index is 0.143. The van der Waals surface area contributed by atoms with E-state index in [-0.39, 0.29) is 6.04 Å². The van der Waals surface area contributed by atoms with Crippen molar-refractivity contribution in [2.45, 2.75) is 25.4 Å². The van der Waals surface area contributed by atoms with E-state index in [2.05, 4.69) is 32.1 Å². The minimum Gasteiger partial charge on any atom is -0.497 e. The molecule has 0 radical (unpaired) electrons. The van der Waals surface area contributed by atoms with Gasteiger partial charge in [-0.2, -0.15) is 4.98 Å². The first-order valence-electron chi connectivity index (χ1n) is 10.8. The van der Waals surface area contributed by atoms with E-state index < -0.39 is 0 Å². The van der Waals surface area contributed by atoms with Gasteiger partial charge in [0.05, 0.1) is 26.4 Å². The van der Waals surface area contributed by atoms with Crippen LogP contribution >= 0.6 is 0 Å². The van der Waals surface area contributed by atoms with Crippen LogP contribution in [0.3, 0.4) is 0 Å². The van der Waals surface area contributed by atoms with Crippen molar-refractivity contribution in [2.24, 2.45) is 0 Å². The highest BCUT2D eigenvalue weighted by Crippen LogP contribution is 2.33. The molecular formula is C23H27N5O3. The van der Waals surface area contributed by atoms with Gasteiger partial charge in [0.1, 0.15) is 11.6 Å². The zero-order valence-corrected chi connectivity index (χ0v) is 17.7. The number of morpholine rings is 1. The summed E-state index contributed by atoms with van der Waals surface area (Å²) in [6.07, 6.45) is 3.95. The lowest BCUT2D eigenvalue weighted by Gasteiger charge is -2.27. The fourth-order valence-corrected chi connectivity index (χ4v) is 4.27. The van der Waals surface area contributed by atoms with Crippen molar-refractivity contribution < 1.29 is 14.0 Å². The molecule has 1 atom stereocenters. The Kier molecular flexibility index (Phi) is 5.82. The molecule has 3 aromatic rings. The molecule has 2 aromatic heterocycles. The van der Waals surface area contributed by atoms with Gasteiger partial charge in [-0.3, -0.25) is 4.90 Å². The van der Waals surface area contributed by atoms with Crippen molar-refractivity contribution in [2.75, 3.05) is 44.9 Å². The first-order valence-corrected chi connectivity index (χ1v) is 10.8. The van der Waals surface area contributed by atoms with Crippen molar-refractivity contribution >= 4 is 5.82 Å². The molecule has 2 fully saturated rings. The number of pyridine rings is 1. The van der Waals surface area contributed by atoms with Gasteiger partial charge in [-0.05, 0) is 49.2 Å². The predicted molar refractivity (Wildman–Crippen MR) is 116 cm³/mol. The van der Waals surface area contributed by atoms with Gasteiger partial charge in [-0.15, -0.1) is 0 Å². The molecule has 0 amide bonds. The van der Waals surface area contributed by atoms with Crippen LogP contribution in [-0.2, 0) is 11.3 Å². The van der Waals surface area contributed by atoms with Gasteiger partial charge in [0.15, 0.2) is 0 Å². The first kappa shape index (κ1) is 20.0. The summed E-state index contributed by atoms with van der Waals surface area (Å²) in [5.74, 6) is 3.10. The molecule has 8 heteroatoms. The average molecular weight is 422 g/mol. The molecule has 0 spiro atoms. The normalized spacial score (nSPS) is 19.6. The van der Waals surface area contributed by atoms with Crippen LogP contribution < -0.4 is 9.64 Å². The summed E-state index contributed by atoms with van der Waals surface area (Å²) in [4.78, 5) is 13.9. The molecular weight excluding hydrogens is 394 g/mol. The van der Waals surface area contributed by atoms with Gasteiger partial charge < -0.3 is 18.9 Å². The number of hydrogen-bond donors (Lipinski definition) is 0. The lowest BCUT2D eigenvalue weighted by atomic mass is 10.1. The van der Waals surface area contributed by atoms with Gasteiger partial charge >= 0.3 is 0 Å². The SMILES string of the molecule is COc1ccc(CN2CCC[C@H]2c2nc(-c3ccnc(N4CCOCC4)c3)no2)cc1. The maximum atomic E-state index is 5.72. The van der Waals surface area contributed by atoms with E-state index >= 15 is 0 Å². The standard InChI is InChI=1S/C23H27N5O3/c1-29-19-6-4-17(5-7-19)16-28-10-2-3-20(28)23-25-22(26-31-23)18-8-9-24-21(15-18)27-11-13-30-14-12-27/h4-9,15,20H,2-3,10-14,16H2,1H3/t20-/m0/s1. The quantitative estimate of drug-likeness (QED) is 0.600. The summed E-state index contributed by atoms with van der Waals surface area (Å²) in [5.41, 5.74) is 2.17. The van der Waals surface area contributed by atoms with E-state index in [1.807, 2.05) is 30.5 Å². The van der Waals surface area contributed by atoms with Crippen LogP contribution in [0.15, 0.2) is 47.1 Å². The number of nitrogens with zero attached hydrogens (tertiary/aromatic N) is 5. The highest BCUT2D eigenvalue weighted by Gasteiger charge is 2.31. The van der Waals surface area contributed by atoms with Gasteiger partial charge in [-0.25, -0.2) is 4.98 Å². The molecule has 31 heavy (non-hydrogen) atoms. The monoisotopic (exact) mass is 421 g/mol. The third-order valence-corrected chi connectivity index (χ3v) is 5.97. The molecule has 2 aliphatic heterocycles.